The SMILES string of the molecule is O=C(CC[C@]1(C(=O)[O-])CCC(=O)NC1)NCc1ccccc1. The van der Waals surface area contributed by atoms with Gasteiger partial charge in [-0.1, -0.05) is 30.3 Å². The Kier molecular flexibility index (Phi) is 5.14. The van der Waals surface area contributed by atoms with Gasteiger partial charge in [-0.15, -0.1) is 0 Å². The quantitative estimate of drug-likeness (QED) is 0.755. The first kappa shape index (κ1) is 16.0. The highest BCUT2D eigenvalue weighted by molar-refractivity contribution is 5.82. The Labute approximate surface area is 128 Å². The van der Waals surface area contributed by atoms with Crippen LogP contribution in [0.2, 0.25) is 0 Å². The second kappa shape index (κ2) is 7.06. The van der Waals surface area contributed by atoms with E-state index in [2.05, 4.69) is 10.6 Å². The lowest BCUT2D eigenvalue weighted by molar-refractivity contribution is -0.320. The minimum absolute atomic E-state index is 0.0279. The number of amides is 2. The summed E-state index contributed by atoms with van der Waals surface area (Å²) in [7, 11) is 0. The minimum Gasteiger partial charge on any atom is -0.549 e. The first-order valence-corrected chi connectivity index (χ1v) is 7.31. The molecule has 0 spiro atoms. The van der Waals surface area contributed by atoms with Crippen molar-refractivity contribution in [3.8, 4) is 0 Å². The molecule has 22 heavy (non-hydrogen) atoms. The second-order valence-electron chi connectivity index (χ2n) is 5.61. The largest absolute Gasteiger partial charge is 0.549 e. The van der Waals surface area contributed by atoms with Crippen molar-refractivity contribution in [1.29, 1.82) is 0 Å². The Morgan fingerprint density at radius 3 is 2.59 bits per heavy atom. The minimum atomic E-state index is -1.21. The van der Waals surface area contributed by atoms with Gasteiger partial charge in [0.25, 0.3) is 0 Å². The highest BCUT2D eigenvalue weighted by atomic mass is 16.4. The van der Waals surface area contributed by atoms with Gasteiger partial charge in [-0.2, -0.15) is 0 Å². The predicted octanol–water partition coefficient (Wildman–Crippen LogP) is -0.271. The number of rotatable bonds is 6. The molecule has 0 saturated carbocycles. The predicted molar refractivity (Wildman–Crippen MR) is 77.2 cm³/mol. The standard InChI is InChI=1S/C16H20N2O4/c19-13(17-10-12-4-2-1-3-5-12)6-8-16(15(21)22)9-7-14(20)18-11-16/h1-5H,6-11H2,(H,17,19)(H,18,20)(H,21,22)/p-1/t16-/m0/s1. The van der Waals surface area contributed by atoms with Crippen LogP contribution in [0.15, 0.2) is 30.3 Å². The van der Waals surface area contributed by atoms with E-state index in [0.29, 0.717) is 6.54 Å². The summed E-state index contributed by atoms with van der Waals surface area (Å²) in [5.41, 5.74) is -0.159. The molecule has 0 unspecified atom stereocenters. The lowest BCUT2D eigenvalue weighted by atomic mass is 9.76. The van der Waals surface area contributed by atoms with E-state index in [9.17, 15) is 19.5 Å². The van der Waals surface area contributed by atoms with Crippen LogP contribution in [0.4, 0.5) is 0 Å². The highest BCUT2D eigenvalue weighted by Crippen LogP contribution is 2.31. The van der Waals surface area contributed by atoms with Crippen molar-refractivity contribution in [2.45, 2.75) is 32.2 Å². The zero-order valence-electron chi connectivity index (χ0n) is 12.3. The fourth-order valence-electron chi connectivity index (χ4n) is 2.52. The van der Waals surface area contributed by atoms with Crippen LogP contribution in [0.1, 0.15) is 31.2 Å². The third-order valence-corrected chi connectivity index (χ3v) is 4.05. The molecule has 0 radical (unpaired) electrons. The number of carbonyl (C=O) groups is 3. The van der Waals surface area contributed by atoms with Crippen LogP contribution in [-0.4, -0.2) is 24.3 Å². The van der Waals surface area contributed by atoms with Crippen molar-refractivity contribution >= 4 is 17.8 Å². The third kappa shape index (κ3) is 4.07. The monoisotopic (exact) mass is 303 g/mol. The van der Waals surface area contributed by atoms with Gasteiger partial charge in [-0.3, -0.25) is 9.59 Å². The summed E-state index contributed by atoms with van der Waals surface area (Å²) in [4.78, 5) is 34.4. The topological polar surface area (TPSA) is 98.3 Å². The fourth-order valence-corrected chi connectivity index (χ4v) is 2.52. The molecular formula is C16H19N2O4-. The molecule has 1 fully saturated rings. The van der Waals surface area contributed by atoms with E-state index in [4.69, 9.17) is 0 Å². The molecule has 0 aromatic heterocycles. The average molecular weight is 303 g/mol. The van der Waals surface area contributed by atoms with E-state index in [1.54, 1.807) is 0 Å². The van der Waals surface area contributed by atoms with Gasteiger partial charge in [0, 0.05) is 37.3 Å². The lowest BCUT2D eigenvalue weighted by Gasteiger charge is -2.38. The Morgan fingerprint density at radius 1 is 1.27 bits per heavy atom. The van der Waals surface area contributed by atoms with Crippen LogP contribution >= 0.6 is 0 Å². The third-order valence-electron chi connectivity index (χ3n) is 4.05. The number of piperidine rings is 1. The molecule has 6 heteroatoms. The van der Waals surface area contributed by atoms with Crippen LogP contribution in [0.25, 0.3) is 0 Å². The van der Waals surface area contributed by atoms with E-state index in [1.165, 1.54) is 0 Å². The van der Waals surface area contributed by atoms with Gasteiger partial charge in [0.15, 0.2) is 0 Å². The van der Waals surface area contributed by atoms with E-state index < -0.39 is 11.4 Å². The molecule has 1 aliphatic rings. The molecule has 2 rings (SSSR count). The summed E-state index contributed by atoms with van der Waals surface area (Å²) < 4.78 is 0. The van der Waals surface area contributed by atoms with Crippen molar-refractivity contribution in [3.05, 3.63) is 35.9 Å². The molecule has 2 amide bonds. The van der Waals surface area contributed by atoms with Gasteiger partial charge in [0.05, 0.1) is 0 Å². The molecular weight excluding hydrogens is 284 g/mol. The van der Waals surface area contributed by atoms with Crippen LogP contribution < -0.4 is 15.7 Å². The average Bonchev–Trinajstić information content (AvgIpc) is 2.53. The molecule has 6 nitrogen and oxygen atoms in total. The van der Waals surface area contributed by atoms with Gasteiger partial charge in [-0.25, -0.2) is 0 Å². The molecule has 0 bridgehead atoms. The van der Waals surface area contributed by atoms with Gasteiger partial charge >= 0.3 is 0 Å². The van der Waals surface area contributed by atoms with Crippen molar-refractivity contribution in [2.75, 3.05) is 6.54 Å². The van der Waals surface area contributed by atoms with Gasteiger partial charge in [0.1, 0.15) is 0 Å². The first-order valence-electron chi connectivity index (χ1n) is 7.31. The van der Waals surface area contributed by atoms with Crippen LogP contribution in [0.5, 0.6) is 0 Å². The summed E-state index contributed by atoms with van der Waals surface area (Å²) in [6.45, 7) is 0.439. The number of aliphatic carboxylic acids is 1. The number of carboxylic acids is 1. The Morgan fingerprint density at radius 2 is 2.00 bits per heavy atom. The number of hydrogen-bond acceptors (Lipinski definition) is 4. The van der Waals surface area contributed by atoms with E-state index >= 15 is 0 Å². The molecule has 1 aromatic rings. The highest BCUT2D eigenvalue weighted by Gasteiger charge is 2.36. The molecule has 1 aromatic carbocycles. The summed E-state index contributed by atoms with van der Waals surface area (Å²) >= 11 is 0. The van der Waals surface area contributed by atoms with Gasteiger partial charge in [0.2, 0.25) is 11.8 Å². The molecule has 0 aliphatic carbocycles. The summed E-state index contributed by atoms with van der Waals surface area (Å²) in [5.74, 6) is -1.57. The number of benzene rings is 1. The van der Waals surface area contributed by atoms with Crippen LogP contribution in [0, 0.1) is 5.41 Å². The molecule has 118 valence electrons. The summed E-state index contributed by atoms with van der Waals surface area (Å²) in [6.07, 6.45) is 0.625. The maximum Gasteiger partial charge on any atom is 0.220 e. The number of carboxylic acid groups (broad SMARTS) is 1. The number of hydrogen-bond donors (Lipinski definition) is 2. The van der Waals surface area contributed by atoms with Gasteiger partial charge in [-0.05, 0) is 18.4 Å². The Bertz CT molecular complexity index is 547. The van der Waals surface area contributed by atoms with Crippen LogP contribution in [0.3, 0.4) is 0 Å². The maximum absolute atomic E-state index is 11.9. The van der Waals surface area contributed by atoms with Crippen molar-refractivity contribution in [2.24, 2.45) is 5.41 Å². The summed E-state index contributed by atoms with van der Waals surface area (Å²) in [5, 5.41) is 16.7. The van der Waals surface area contributed by atoms with E-state index in [1.807, 2.05) is 30.3 Å². The zero-order valence-corrected chi connectivity index (χ0v) is 12.3. The van der Waals surface area contributed by atoms with Crippen LogP contribution in [-0.2, 0) is 20.9 Å². The molecule has 1 saturated heterocycles. The molecule has 1 heterocycles. The fraction of sp³-hybridized carbons (Fsp3) is 0.438. The normalized spacial score (nSPS) is 21.0. The van der Waals surface area contributed by atoms with Gasteiger partial charge < -0.3 is 20.5 Å². The van der Waals surface area contributed by atoms with Crippen molar-refractivity contribution in [1.82, 2.24) is 10.6 Å². The molecule has 1 atom stereocenters. The summed E-state index contributed by atoms with van der Waals surface area (Å²) in [6, 6.07) is 9.47. The zero-order chi connectivity index (χ0) is 16.0. The van der Waals surface area contributed by atoms with E-state index in [-0.39, 0.29) is 44.0 Å². The first-order chi connectivity index (χ1) is 10.5. The Balaban J connectivity index is 1.83. The lowest BCUT2D eigenvalue weighted by Crippen LogP contribution is -2.53. The number of nitrogens with one attached hydrogen (secondary N) is 2. The smallest absolute Gasteiger partial charge is 0.220 e. The van der Waals surface area contributed by atoms with E-state index in [0.717, 1.165) is 5.56 Å². The van der Waals surface area contributed by atoms with Crippen molar-refractivity contribution < 1.29 is 19.5 Å². The van der Waals surface area contributed by atoms with Crippen molar-refractivity contribution in [3.63, 3.8) is 0 Å². The number of carbonyl (C=O) groups excluding carboxylic acids is 3. The molecule has 1 aliphatic heterocycles. The molecule has 2 N–H and O–H groups in total. The second-order valence-corrected chi connectivity index (χ2v) is 5.61. The Hall–Kier alpha value is -2.37. The maximum atomic E-state index is 11.9.